The molecular weight excluding hydrogens is 939 g/mol. The first kappa shape index (κ1) is 49.8. The molecule has 0 aliphatic rings. The highest BCUT2D eigenvalue weighted by Crippen LogP contribution is 2.34. The van der Waals surface area contributed by atoms with Crippen LogP contribution in [0.1, 0.15) is 64.1 Å². The molecular formula is C44H49BrCl2N6O7S2. The lowest BCUT2D eigenvalue weighted by Gasteiger charge is -2.25. The molecule has 6 rings (SSSR count). The van der Waals surface area contributed by atoms with Gasteiger partial charge in [0.05, 0.1) is 36.9 Å². The second-order valence-corrected chi connectivity index (χ2v) is 20.9. The van der Waals surface area contributed by atoms with E-state index in [4.69, 9.17) is 37.8 Å². The number of pyridine rings is 4. The molecule has 62 heavy (non-hydrogen) atoms. The molecule has 0 atom stereocenters. The molecule has 18 heteroatoms. The highest BCUT2D eigenvalue weighted by Gasteiger charge is 2.28. The number of nitrogens with one attached hydrogen (secondary N) is 1. The number of sulfonamides is 2. The summed E-state index contributed by atoms with van der Waals surface area (Å²) in [6.07, 6.45) is 6.11. The summed E-state index contributed by atoms with van der Waals surface area (Å²) in [6, 6.07) is 23.4. The molecule has 0 saturated carbocycles. The van der Waals surface area contributed by atoms with Gasteiger partial charge < -0.3 is 14.6 Å². The van der Waals surface area contributed by atoms with E-state index in [-0.39, 0.29) is 49.7 Å². The number of hydrogen-bond acceptors (Lipinski definition) is 11. The number of hydrogen-bond donors (Lipinski definition) is 2. The molecule has 0 unspecified atom stereocenters. The van der Waals surface area contributed by atoms with Gasteiger partial charge >= 0.3 is 0 Å². The zero-order valence-electron chi connectivity index (χ0n) is 35.7. The van der Waals surface area contributed by atoms with E-state index >= 15 is 0 Å². The Hall–Kier alpha value is -4.84. The van der Waals surface area contributed by atoms with E-state index in [9.17, 15) is 16.8 Å². The largest absolute Gasteiger partial charge is 0.506 e. The molecule has 0 saturated heterocycles. The molecule has 6 aromatic rings. The van der Waals surface area contributed by atoms with Crippen LogP contribution in [-0.2, 0) is 35.6 Å². The molecule has 4 aromatic heterocycles. The van der Waals surface area contributed by atoms with Crippen LogP contribution in [0.3, 0.4) is 0 Å². The number of aromatic hydroxyl groups is 1. The van der Waals surface area contributed by atoms with Crippen molar-refractivity contribution in [2.24, 2.45) is 0 Å². The van der Waals surface area contributed by atoms with Gasteiger partial charge in [-0.2, -0.15) is 0 Å². The number of benzene rings is 2. The SMILES string of the molecule is COCN(c1cc(Cl)cnc1Br)S(=O)(=O)c1ccc(C(C)(C)C)cc1.Cc1ncccc1O.Cc1ncccc1Oc1ncc(Cl)cc1NS(=O)(=O)c1ccc(C(C)(C)C)cc1. The van der Waals surface area contributed by atoms with Crippen molar-refractivity contribution in [3.8, 4) is 17.4 Å². The van der Waals surface area contributed by atoms with Crippen LogP contribution in [0.2, 0.25) is 10.0 Å². The van der Waals surface area contributed by atoms with Gasteiger partial charge in [0.2, 0.25) is 5.88 Å². The second-order valence-electron chi connectivity index (χ2n) is 15.7. The van der Waals surface area contributed by atoms with Gasteiger partial charge in [0.25, 0.3) is 20.0 Å². The predicted molar refractivity (Wildman–Crippen MR) is 249 cm³/mol. The van der Waals surface area contributed by atoms with Crippen molar-refractivity contribution in [3.05, 3.63) is 147 Å². The van der Waals surface area contributed by atoms with Crippen molar-refractivity contribution >= 4 is 70.6 Å². The lowest BCUT2D eigenvalue weighted by atomic mass is 9.87. The minimum absolute atomic E-state index is 0.0611. The monoisotopic (exact) mass is 986 g/mol. The normalized spacial score (nSPS) is 11.7. The Bertz CT molecular complexity index is 2660. The summed E-state index contributed by atoms with van der Waals surface area (Å²) in [4.78, 5) is 16.5. The number of aromatic nitrogens is 4. The van der Waals surface area contributed by atoms with E-state index in [1.54, 1.807) is 86.9 Å². The van der Waals surface area contributed by atoms with Crippen LogP contribution < -0.4 is 13.8 Å². The third-order valence-corrected chi connectivity index (χ3v) is 13.0. The average molecular weight is 989 g/mol. The van der Waals surface area contributed by atoms with Crippen LogP contribution in [0.5, 0.6) is 17.4 Å². The summed E-state index contributed by atoms with van der Waals surface area (Å²) in [5.74, 6) is 0.810. The van der Waals surface area contributed by atoms with Gasteiger partial charge in [-0.1, -0.05) is 89.0 Å². The zero-order chi connectivity index (χ0) is 46.0. The Balaban J connectivity index is 0.000000233. The molecule has 0 spiro atoms. The fraction of sp³-hybridized carbons (Fsp3) is 0.273. The maximum Gasteiger partial charge on any atom is 0.266 e. The lowest BCUT2D eigenvalue weighted by molar-refractivity contribution is 0.209. The number of rotatable bonds is 10. The van der Waals surface area contributed by atoms with Crippen molar-refractivity contribution in [1.82, 2.24) is 19.9 Å². The molecule has 0 fully saturated rings. The third-order valence-electron chi connectivity index (χ3n) is 8.85. The number of methoxy groups -OCH3 is 1. The van der Waals surface area contributed by atoms with Crippen molar-refractivity contribution in [2.75, 3.05) is 22.9 Å². The molecule has 2 aromatic carbocycles. The molecule has 2 N–H and O–H groups in total. The molecule has 330 valence electrons. The van der Waals surface area contributed by atoms with E-state index in [1.165, 1.54) is 31.6 Å². The van der Waals surface area contributed by atoms with Gasteiger partial charge in [-0.15, -0.1) is 0 Å². The van der Waals surface area contributed by atoms with Crippen LogP contribution in [-0.4, -0.2) is 55.7 Å². The van der Waals surface area contributed by atoms with Gasteiger partial charge in [-0.3, -0.25) is 14.7 Å². The van der Waals surface area contributed by atoms with Gasteiger partial charge in [0.1, 0.15) is 22.8 Å². The van der Waals surface area contributed by atoms with Crippen molar-refractivity contribution < 1.29 is 31.4 Å². The third kappa shape index (κ3) is 13.6. The Kier molecular flexibility index (Phi) is 16.9. The minimum Gasteiger partial charge on any atom is -0.506 e. The van der Waals surface area contributed by atoms with Crippen molar-refractivity contribution in [2.45, 2.75) is 76.0 Å². The molecule has 0 bridgehead atoms. The zero-order valence-corrected chi connectivity index (χ0v) is 40.4. The number of anilines is 2. The molecule has 0 amide bonds. The van der Waals surface area contributed by atoms with E-state index in [1.807, 2.05) is 12.1 Å². The predicted octanol–water partition coefficient (Wildman–Crippen LogP) is 11.0. The van der Waals surface area contributed by atoms with E-state index in [2.05, 4.69) is 82.1 Å². The van der Waals surface area contributed by atoms with Crippen molar-refractivity contribution in [3.63, 3.8) is 0 Å². The first-order valence-electron chi connectivity index (χ1n) is 18.9. The highest BCUT2D eigenvalue weighted by atomic mass is 79.9. The Morgan fingerprint density at radius 2 is 1.24 bits per heavy atom. The molecule has 0 aliphatic heterocycles. The summed E-state index contributed by atoms with van der Waals surface area (Å²) in [5, 5.41) is 9.47. The highest BCUT2D eigenvalue weighted by molar-refractivity contribution is 9.10. The van der Waals surface area contributed by atoms with E-state index < -0.39 is 20.0 Å². The van der Waals surface area contributed by atoms with Crippen LogP contribution in [0, 0.1) is 13.8 Å². The summed E-state index contributed by atoms with van der Waals surface area (Å²) in [7, 11) is -6.27. The summed E-state index contributed by atoms with van der Waals surface area (Å²) in [5.41, 5.74) is 3.73. The fourth-order valence-corrected chi connectivity index (χ4v) is 8.59. The fourth-order valence-electron chi connectivity index (χ4n) is 5.30. The molecule has 13 nitrogen and oxygen atoms in total. The van der Waals surface area contributed by atoms with Crippen LogP contribution in [0.25, 0.3) is 0 Å². The van der Waals surface area contributed by atoms with E-state index in [0.717, 1.165) is 15.4 Å². The standard InChI is InChI=1S/C21H22ClN3O3S.C17H20BrClN2O3S.C6H7NO/c1-14-19(6-5-11-23-14)28-20-18(12-16(22)13-24-20)25-29(26,27)17-9-7-15(8-10-17)21(2,3)4;1-17(2,3)12-5-7-14(8-6-12)25(22,23)21(11-24-4)15-9-13(19)10-20-16(15)18;1-5-6(8)3-2-4-7-5/h5-13,25H,1-4H3;5-10H,11H2,1-4H3;2-4,8H,1H3. The topological polar surface area (TPSA) is 174 Å². The van der Waals surface area contributed by atoms with Crippen LogP contribution >= 0.6 is 39.1 Å². The smallest absolute Gasteiger partial charge is 0.266 e. The van der Waals surface area contributed by atoms with Crippen LogP contribution in [0.4, 0.5) is 11.4 Å². The Morgan fingerprint density at radius 3 is 1.74 bits per heavy atom. The first-order valence-corrected chi connectivity index (χ1v) is 23.3. The number of ether oxygens (including phenoxy) is 2. The maximum absolute atomic E-state index is 13.1. The molecule has 0 aliphatic carbocycles. The van der Waals surface area contributed by atoms with E-state index in [0.29, 0.717) is 32.5 Å². The summed E-state index contributed by atoms with van der Waals surface area (Å²) < 4.78 is 66.9. The average Bonchev–Trinajstić information content (AvgIpc) is 3.20. The Morgan fingerprint density at radius 1 is 0.726 bits per heavy atom. The number of halogens is 3. The quantitative estimate of drug-likeness (QED) is 0.0987. The number of nitrogens with zero attached hydrogens (tertiary/aromatic N) is 5. The van der Waals surface area contributed by atoms with Gasteiger partial charge in [0.15, 0.2) is 5.75 Å². The van der Waals surface area contributed by atoms with Gasteiger partial charge in [0, 0.05) is 31.9 Å². The maximum atomic E-state index is 13.1. The summed E-state index contributed by atoms with van der Waals surface area (Å²) >= 11 is 15.3. The minimum atomic E-state index is -3.86. The van der Waals surface area contributed by atoms with Crippen molar-refractivity contribution in [1.29, 1.82) is 0 Å². The van der Waals surface area contributed by atoms with Crippen LogP contribution in [0.15, 0.2) is 124 Å². The lowest BCUT2D eigenvalue weighted by Crippen LogP contribution is -2.33. The second kappa shape index (κ2) is 21.0. The Labute approximate surface area is 382 Å². The van der Waals surface area contributed by atoms with Gasteiger partial charge in [-0.25, -0.2) is 31.1 Å². The summed E-state index contributed by atoms with van der Waals surface area (Å²) in [6.45, 7) is 15.8. The van der Waals surface area contributed by atoms with Gasteiger partial charge in [-0.05, 0) is 112 Å². The first-order chi connectivity index (χ1) is 28.9. The molecule has 4 heterocycles. The molecule has 0 radical (unpaired) electrons. The number of aryl methyl sites for hydroxylation is 2.